The Kier molecular flexibility index (Phi) is 5.58. The average Bonchev–Trinajstić information content (AvgIpc) is 2.41. The molecule has 5 heteroatoms. The van der Waals surface area contributed by atoms with Gasteiger partial charge in [-0.3, -0.25) is 0 Å². The third kappa shape index (κ3) is 4.42. The van der Waals surface area contributed by atoms with Crippen molar-refractivity contribution in [1.82, 2.24) is 0 Å². The first kappa shape index (κ1) is 14.7. The monoisotopic (exact) mass is 299 g/mol. The maximum Gasteiger partial charge on any atom is 0.104 e. The molecule has 0 bridgehead atoms. The number of rotatable bonds is 5. The van der Waals surface area contributed by atoms with Crippen molar-refractivity contribution in [3.8, 4) is 0 Å². The number of hydrogen-bond acceptors (Lipinski definition) is 3. The van der Waals surface area contributed by atoms with Gasteiger partial charge >= 0.3 is 0 Å². The first-order valence-corrected chi connectivity index (χ1v) is 7.19. The summed E-state index contributed by atoms with van der Waals surface area (Å²) in [4.78, 5) is 0.358. The molecule has 0 unspecified atom stereocenters. The second kappa shape index (κ2) is 7.20. The zero-order valence-electron chi connectivity index (χ0n) is 10.7. The van der Waals surface area contributed by atoms with E-state index in [9.17, 15) is 0 Å². The van der Waals surface area contributed by atoms with E-state index in [1.165, 1.54) is 0 Å². The van der Waals surface area contributed by atoms with Gasteiger partial charge in [0.05, 0.1) is 13.2 Å². The van der Waals surface area contributed by atoms with Crippen LogP contribution in [-0.2, 0) is 16.1 Å². The number of ether oxygens (including phenoxy) is 2. The SMILES string of the molecule is NC(=S)c1ccc(COCC2CCOCC2)c(Cl)c1. The number of nitrogens with two attached hydrogens (primary N) is 1. The number of thiocarbonyl (C=S) groups is 1. The molecule has 1 aromatic rings. The molecule has 1 saturated heterocycles. The first-order valence-electron chi connectivity index (χ1n) is 6.40. The fourth-order valence-corrected chi connectivity index (χ4v) is 2.43. The third-order valence-electron chi connectivity index (χ3n) is 3.29. The highest BCUT2D eigenvalue weighted by molar-refractivity contribution is 7.80. The molecule has 1 heterocycles. The van der Waals surface area contributed by atoms with Crippen LogP contribution in [0, 0.1) is 5.92 Å². The quantitative estimate of drug-likeness (QED) is 0.849. The van der Waals surface area contributed by atoms with Crippen LogP contribution in [-0.4, -0.2) is 24.8 Å². The molecule has 0 atom stereocenters. The molecular formula is C14H18ClNO2S. The summed E-state index contributed by atoms with van der Waals surface area (Å²) < 4.78 is 11.1. The highest BCUT2D eigenvalue weighted by Gasteiger charge is 2.14. The molecule has 19 heavy (non-hydrogen) atoms. The summed E-state index contributed by atoms with van der Waals surface area (Å²) >= 11 is 11.1. The van der Waals surface area contributed by atoms with Gasteiger partial charge in [0.15, 0.2) is 0 Å². The van der Waals surface area contributed by atoms with Crippen LogP contribution >= 0.6 is 23.8 Å². The van der Waals surface area contributed by atoms with Crippen LogP contribution in [0.15, 0.2) is 18.2 Å². The summed E-state index contributed by atoms with van der Waals surface area (Å²) in [5.74, 6) is 0.600. The van der Waals surface area contributed by atoms with E-state index in [0.29, 0.717) is 22.5 Å². The van der Waals surface area contributed by atoms with Gasteiger partial charge in [-0.2, -0.15) is 0 Å². The Morgan fingerprint density at radius 1 is 1.42 bits per heavy atom. The predicted octanol–water partition coefficient (Wildman–Crippen LogP) is 2.92. The highest BCUT2D eigenvalue weighted by atomic mass is 35.5. The minimum atomic E-state index is 0.358. The van der Waals surface area contributed by atoms with Crippen LogP contribution in [0.25, 0.3) is 0 Å². The molecule has 1 aliphatic rings. The van der Waals surface area contributed by atoms with Gasteiger partial charge in [0.1, 0.15) is 4.99 Å². The maximum absolute atomic E-state index is 6.18. The van der Waals surface area contributed by atoms with E-state index in [4.69, 9.17) is 39.0 Å². The van der Waals surface area contributed by atoms with E-state index in [1.807, 2.05) is 12.1 Å². The molecule has 0 saturated carbocycles. The van der Waals surface area contributed by atoms with Crippen molar-refractivity contribution < 1.29 is 9.47 Å². The van der Waals surface area contributed by atoms with E-state index in [1.54, 1.807) is 6.07 Å². The van der Waals surface area contributed by atoms with Crippen molar-refractivity contribution in [2.45, 2.75) is 19.4 Å². The third-order valence-corrected chi connectivity index (χ3v) is 3.88. The second-order valence-corrected chi connectivity index (χ2v) is 5.59. The van der Waals surface area contributed by atoms with Crippen molar-refractivity contribution in [2.75, 3.05) is 19.8 Å². The minimum Gasteiger partial charge on any atom is -0.389 e. The second-order valence-electron chi connectivity index (χ2n) is 4.74. The van der Waals surface area contributed by atoms with Crippen molar-refractivity contribution >= 4 is 28.8 Å². The Balaban J connectivity index is 1.83. The summed E-state index contributed by atoms with van der Waals surface area (Å²) in [6.07, 6.45) is 2.15. The largest absolute Gasteiger partial charge is 0.389 e. The molecule has 2 rings (SSSR count). The number of benzene rings is 1. The first-order chi connectivity index (χ1) is 9.16. The molecule has 1 aromatic carbocycles. The smallest absolute Gasteiger partial charge is 0.104 e. The van der Waals surface area contributed by atoms with Gasteiger partial charge in [-0.15, -0.1) is 0 Å². The van der Waals surface area contributed by atoms with E-state index in [2.05, 4.69) is 0 Å². The zero-order chi connectivity index (χ0) is 13.7. The molecule has 0 spiro atoms. The molecule has 1 fully saturated rings. The molecule has 0 aromatic heterocycles. The van der Waals surface area contributed by atoms with Gasteiger partial charge < -0.3 is 15.2 Å². The van der Waals surface area contributed by atoms with Gasteiger partial charge in [-0.25, -0.2) is 0 Å². The van der Waals surface area contributed by atoms with Crippen LogP contribution in [0.3, 0.4) is 0 Å². The van der Waals surface area contributed by atoms with Crippen molar-refractivity contribution in [3.05, 3.63) is 34.3 Å². The van der Waals surface area contributed by atoms with Gasteiger partial charge in [0.25, 0.3) is 0 Å². The maximum atomic E-state index is 6.18. The molecule has 0 radical (unpaired) electrons. The van der Waals surface area contributed by atoms with Crippen LogP contribution in [0.5, 0.6) is 0 Å². The summed E-state index contributed by atoms with van der Waals surface area (Å²) in [5, 5.41) is 0.650. The Morgan fingerprint density at radius 2 is 2.16 bits per heavy atom. The van der Waals surface area contributed by atoms with E-state index in [-0.39, 0.29) is 0 Å². The summed E-state index contributed by atoms with van der Waals surface area (Å²) in [6, 6.07) is 5.58. The molecule has 2 N–H and O–H groups in total. The Labute approximate surface area is 124 Å². The van der Waals surface area contributed by atoms with Gasteiger partial charge in [-0.05, 0) is 30.4 Å². The molecule has 1 aliphatic heterocycles. The summed E-state index contributed by atoms with van der Waals surface area (Å²) in [7, 11) is 0. The van der Waals surface area contributed by atoms with Crippen LogP contribution in [0.1, 0.15) is 24.0 Å². The molecule has 3 nitrogen and oxygen atoms in total. The van der Waals surface area contributed by atoms with Crippen LogP contribution < -0.4 is 5.73 Å². The lowest BCUT2D eigenvalue weighted by molar-refractivity contribution is 0.0157. The van der Waals surface area contributed by atoms with Crippen LogP contribution in [0.2, 0.25) is 5.02 Å². The number of hydrogen-bond donors (Lipinski definition) is 1. The Morgan fingerprint density at radius 3 is 2.79 bits per heavy atom. The zero-order valence-corrected chi connectivity index (χ0v) is 12.3. The Hall–Kier alpha value is -0.680. The summed E-state index contributed by atoms with van der Waals surface area (Å²) in [5.41, 5.74) is 7.31. The van der Waals surface area contributed by atoms with Crippen molar-refractivity contribution in [1.29, 1.82) is 0 Å². The minimum absolute atomic E-state index is 0.358. The van der Waals surface area contributed by atoms with Crippen molar-refractivity contribution in [3.63, 3.8) is 0 Å². The fraction of sp³-hybridized carbons (Fsp3) is 0.500. The standard InChI is InChI=1S/C14H18ClNO2S/c15-13-7-11(14(16)19)1-2-12(13)9-18-8-10-3-5-17-6-4-10/h1-2,7,10H,3-6,8-9H2,(H2,16,19). The fourth-order valence-electron chi connectivity index (χ4n) is 2.07. The Bertz CT molecular complexity index is 447. The lowest BCUT2D eigenvalue weighted by Crippen LogP contribution is -2.20. The highest BCUT2D eigenvalue weighted by Crippen LogP contribution is 2.20. The van der Waals surface area contributed by atoms with Crippen molar-refractivity contribution in [2.24, 2.45) is 11.7 Å². The van der Waals surface area contributed by atoms with Gasteiger partial charge in [0, 0.05) is 23.8 Å². The number of halogens is 1. The van der Waals surface area contributed by atoms with Crippen LogP contribution in [0.4, 0.5) is 0 Å². The van der Waals surface area contributed by atoms with E-state index >= 15 is 0 Å². The molecular weight excluding hydrogens is 282 g/mol. The lowest BCUT2D eigenvalue weighted by Gasteiger charge is -2.21. The van der Waals surface area contributed by atoms with E-state index in [0.717, 1.165) is 43.8 Å². The molecule has 104 valence electrons. The lowest BCUT2D eigenvalue weighted by atomic mass is 10.0. The van der Waals surface area contributed by atoms with Gasteiger partial charge in [-0.1, -0.05) is 36.0 Å². The van der Waals surface area contributed by atoms with E-state index < -0.39 is 0 Å². The normalized spacial score (nSPS) is 16.5. The summed E-state index contributed by atoms with van der Waals surface area (Å²) in [6.45, 7) is 2.97. The van der Waals surface area contributed by atoms with Gasteiger partial charge in [0.2, 0.25) is 0 Å². The average molecular weight is 300 g/mol. The topological polar surface area (TPSA) is 44.5 Å². The predicted molar refractivity (Wildman–Crippen MR) is 80.5 cm³/mol. The molecule has 0 amide bonds. The molecule has 0 aliphatic carbocycles.